The van der Waals surface area contributed by atoms with E-state index in [2.05, 4.69) is 30.5 Å². The van der Waals surface area contributed by atoms with Crippen LogP contribution in [0.1, 0.15) is 0 Å². The quantitative estimate of drug-likeness (QED) is 0.603. The van der Waals surface area contributed by atoms with Crippen molar-refractivity contribution in [1.82, 2.24) is 19.9 Å². The lowest BCUT2D eigenvalue weighted by Crippen LogP contribution is -2.21. The van der Waals surface area contributed by atoms with Crippen molar-refractivity contribution >= 4 is 40.7 Å². The highest BCUT2D eigenvalue weighted by atomic mass is 35.5. The number of nitrogens with one attached hydrogen (secondary N) is 2. The molecule has 0 saturated heterocycles. The van der Waals surface area contributed by atoms with Gasteiger partial charge in [0, 0.05) is 42.1 Å². The van der Waals surface area contributed by atoms with Gasteiger partial charge in [-0.05, 0) is 44.4 Å². The Morgan fingerprint density at radius 1 is 1.00 bits per heavy atom. The maximum Gasteiger partial charge on any atom is 0.225 e. The van der Waals surface area contributed by atoms with Crippen molar-refractivity contribution in [3.05, 3.63) is 58.8 Å². The molecule has 0 bridgehead atoms. The fourth-order valence-electron chi connectivity index (χ4n) is 2.38. The van der Waals surface area contributed by atoms with Gasteiger partial charge in [0.05, 0.1) is 16.4 Å². The van der Waals surface area contributed by atoms with Crippen LogP contribution in [-0.2, 0) is 0 Å². The van der Waals surface area contributed by atoms with Gasteiger partial charge in [0.2, 0.25) is 5.95 Å². The summed E-state index contributed by atoms with van der Waals surface area (Å²) in [5.41, 5.74) is 2.41. The molecule has 0 saturated carbocycles. The van der Waals surface area contributed by atoms with Crippen LogP contribution in [0.2, 0.25) is 10.0 Å². The van der Waals surface area contributed by atoms with Gasteiger partial charge >= 0.3 is 0 Å². The third-order valence-corrected chi connectivity index (χ3v) is 4.30. The normalized spacial score (nSPS) is 10.9. The Labute approximate surface area is 168 Å². The highest BCUT2D eigenvalue weighted by Gasteiger charge is 2.09. The fraction of sp³-hybridized carbons (Fsp3) is 0.211. The van der Waals surface area contributed by atoms with Crippen molar-refractivity contribution < 1.29 is 0 Å². The van der Waals surface area contributed by atoms with Gasteiger partial charge in [-0.1, -0.05) is 23.2 Å². The van der Waals surface area contributed by atoms with E-state index >= 15 is 0 Å². The van der Waals surface area contributed by atoms with E-state index < -0.39 is 0 Å². The summed E-state index contributed by atoms with van der Waals surface area (Å²) in [5, 5.41) is 7.64. The highest BCUT2D eigenvalue weighted by molar-refractivity contribution is 6.35. The highest BCUT2D eigenvalue weighted by Crippen LogP contribution is 2.29. The summed E-state index contributed by atoms with van der Waals surface area (Å²) >= 11 is 12.4. The average Bonchev–Trinajstić information content (AvgIpc) is 2.65. The first-order chi connectivity index (χ1) is 13.0. The molecule has 2 N–H and O–H groups in total. The minimum atomic E-state index is 0.534. The third kappa shape index (κ3) is 5.53. The molecule has 3 rings (SSSR count). The number of aromatic nitrogens is 3. The SMILES string of the molecule is CN(C)CCNc1nc(Nc2cc(Cl)ccc2Cl)cc(-c2ccncc2)n1. The van der Waals surface area contributed by atoms with Gasteiger partial charge in [-0.3, -0.25) is 4.98 Å². The van der Waals surface area contributed by atoms with Gasteiger partial charge in [-0.2, -0.15) is 4.98 Å². The van der Waals surface area contributed by atoms with Gasteiger partial charge in [-0.15, -0.1) is 0 Å². The minimum Gasteiger partial charge on any atom is -0.353 e. The summed E-state index contributed by atoms with van der Waals surface area (Å²) in [5.74, 6) is 1.15. The zero-order valence-corrected chi connectivity index (χ0v) is 16.6. The van der Waals surface area contributed by atoms with E-state index in [1.165, 1.54) is 0 Å². The number of hydrogen-bond acceptors (Lipinski definition) is 6. The van der Waals surface area contributed by atoms with E-state index in [1.807, 2.05) is 32.3 Å². The Morgan fingerprint density at radius 2 is 1.78 bits per heavy atom. The molecule has 0 spiro atoms. The largest absolute Gasteiger partial charge is 0.353 e. The van der Waals surface area contributed by atoms with Crippen molar-refractivity contribution in [3.63, 3.8) is 0 Å². The lowest BCUT2D eigenvalue weighted by molar-refractivity contribution is 0.425. The first-order valence-electron chi connectivity index (χ1n) is 8.41. The molecule has 0 aliphatic rings. The molecular weight excluding hydrogens is 383 g/mol. The Bertz CT molecular complexity index is 902. The fourth-order valence-corrected chi connectivity index (χ4v) is 2.72. The van der Waals surface area contributed by atoms with Crippen LogP contribution in [0.25, 0.3) is 11.3 Å². The molecule has 27 heavy (non-hydrogen) atoms. The summed E-state index contributed by atoms with van der Waals surface area (Å²) in [4.78, 5) is 15.3. The Balaban J connectivity index is 1.92. The topological polar surface area (TPSA) is 66.0 Å². The van der Waals surface area contributed by atoms with E-state index in [1.54, 1.807) is 30.6 Å². The molecule has 140 valence electrons. The second-order valence-corrected chi connectivity index (χ2v) is 7.02. The number of rotatable bonds is 7. The van der Waals surface area contributed by atoms with Gasteiger partial charge in [0.25, 0.3) is 0 Å². The van der Waals surface area contributed by atoms with Gasteiger partial charge in [0.15, 0.2) is 0 Å². The molecule has 6 nitrogen and oxygen atoms in total. The smallest absolute Gasteiger partial charge is 0.225 e. The lowest BCUT2D eigenvalue weighted by Gasteiger charge is -2.14. The van der Waals surface area contributed by atoms with Crippen molar-refractivity contribution in [2.24, 2.45) is 0 Å². The number of pyridine rings is 1. The number of anilines is 3. The van der Waals surface area contributed by atoms with Crippen molar-refractivity contribution in [3.8, 4) is 11.3 Å². The average molecular weight is 403 g/mol. The molecule has 2 aromatic heterocycles. The molecule has 0 aliphatic heterocycles. The molecule has 0 atom stereocenters. The van der Waals surface area contributed by atoms with Crippen molar-refractivity contribution in [1.29, 1.82) is 0 Å². The minimum absolute atomic E-state index is 0.534. The van der Waals surface area contributed by atoms with E-state index in [0.29, 0.717) is 27.5 Å². The summed E-state index contributed by atoms with van der Waals surface area (Å²) in [6.07, 6.45) is 3.47. The molecule has 0 radical (unpaired) electrons. The van der Waals surface area contributed by atoms with E-state index in [0.717, 1.165) is 24.3 Å². The van der Waals surface area contributed by atoms with E-state index in [4.69, 9.17) is 23.2 Å². The zero-order valence-electron chi connectivity index (χ0n) is 15.1. The molecule has 0 unspecified atom stereocenters. The molecule has 0 aliphatic carbocycles. The number of benzene rings is 1. The Hall–Kier alpha value is -2.41. The van der Waals surface area contributed by atoms with Crippen LogP contribution in [-0.4, -0.2) is 47.0 Å². The zero-order chi connectivity index (χ0) is 19.2. The number of nitrogens with zero attached hydrogens (tertiary/aromatic N) is 4. The van der Waals surface area contributed by atoms with Crippen LogP contribution in [0.4, 0.5) is 17.5 Å². The molecule has 3 aromatic rings. The second-order valence-electron chi connectivity index (χ2n) is 6.18. The summed E-state index contributed by atoms with van der Waals surface area (Å²) in [6.45, 7) is 1.59. The second kappa shape index (κ2) is 8.99. The summed E-state index contributed by atoms with van der Waals surface area (Å²) < 4.78 is 0. The molecule has 2 heterocycles. The number of likely N-dealkylation sites (N-methyl/N-ethyl adjacent to an activating group) is 1. The summed E-state index contributed by atoms with van der Waals surface area (Å²) in [6, 6.07) is 10.9. The van der Waals surface area contributed by atoms with Crippen LogP contribution >= 0.6 is 23.2 Å². The first-order valence-corrected chi connectivity index (χ1v) is 9.17. The van der Waals surface area contributed by atoms with Gasteiger partial charge in [0.1, 0.15) is 5.82 Å². The van der Waals surface area contributed by atoms with Crippen LogP contribution in [0.15, 0.2) is 48.8 Å². The molecule has 1 aromatic carbocycles. The lowest BCUT2D eigenvalue weighted by atomic mass is 10.2. The standard InChI is InChI=1S/C19H20Cl2N6/c1-27(2)10-9-23-19-25-16(13-5-7-22-8-6-13)12-18(26-19)24-17-11-14(20)3-4-15(17)21/h3-8,11-12H,9-10H2,1-2H3,(H2,23,24,25,26). The Kier molecular flexibility index (Phi) is 6.45. The number of hydrogen-bond donors (Lipinski definition) is 2. The molecule has 8 heteroatoms. The van der Waals surface area contributed by atoms with E-state index in [9.17, 15) is 0 Å². The maximum absolute atomic E-state index is 6.27. The molecular formula is C19H20Cl2N6. The predicted octanol–water partition coefficient (Wildman–Crippen LogP) is 4.56. The first kappa shape index (κ1) is 19.4. The monoisotopic (exact) mass is 402 g/mol. The third-order valence-electron chi connectivity index (χ3n) is 3.74. The van der Waals surface area contributed by atoms with Gasteiger partial charge < -0.3 is 15.5 Å². The molecule has 0 fully saturated rings. The Morgan fingerprint density at radius 3 is 2.52 bits per heavy atom. The van der Waals surface area contributed by atoms with Gasteiger partial charge in [-0.25, -0.2) is 4.98 Å². The number of halogens is 2. The van der Waals surface area contributed by atoms with Crippen LogP contribution in [0.5, 0.6) is 0 Å². The van der Waals surface area contributed by atoms with Crippen LogP contribution < -0.4 is 10.6 Å². The van der Waals surface area contributed by atoms with Crippen LogP contribution in [0, 0.1) is 0 Å². The van der Waals surface area contributed by atoms with E-state index in [-0.39, 0.29) is 0 Å². The van der Waals surface area contributed by atoms with Crippen LogP contribution in [0.3, 0.4) is 0 Å². The maximum atomic E-state index is 6.27. The van der Waals surface area contributed by atoms with Crippen molar-refractivity contribution in [2.75, 3.05) is 37.8 Å². The predicted molar refractivity (Wildman–Crippen MR) is 112 cm³/mol. The molecule has 0 amide bonds. The van der Waals surface area contributed by atoms with Crippen molar-refractivity contribution in [2.45, 2.75) is 0 Å². The summed E-state index contributed by atoms with van der Waals surface area (Å²) in [7, 11) is 4.04.